The average Bonchev–Trinajstić information content (AvgIpc) is 2.14. The molecule has 0 saturated heterocycles. The molecule has 0 spiro atoms. The number of anilines is 1. The molecule has 0 fully saturated rings. The molecular formula is C6H8ClN3O3S. The Balaban J connectivity index is 2.84. The zero-order valence-electron chi connectivity index (χ0n) is 6.88. The third-order valence-corrected chi connectivity index (χ3v) is 1.89. The van der Waals surface area contributed by atoms with Crippen LogP contribution < -0.4 is 14.9 Å². The molecule has 3 N–H and O–H groups in total. The Labute approximate surface area is 86.4 Å². The van der Waals surface area contributed by atoms with Crippen LogP contribution >= 0.6 is 11.8 Å². The number of nitrogens with one attached hydrogen (secondary N) is 2. The Bertz CT molecular complexity index is 383. The van der Waals surface area contributed by atoms with Crippen molar-refractivity contribution >= 4 is 27.8 Å². The Morgan fingerprint density at radius 3 is 2.29 bits per heavy atom. The first-order valence-electron chi connectivity index (χ1n) is 3.49. The van der Waals surface area contributed by atoms with Gasteiger partial charge >= 0.3 is 10.3 Å². The van der Waals surface area contributed by atoms with Gasteiger partial charge in [0.15, 0.2) is 0 Å². The van der Waals surface area contributed by atoms with Crippen LogP contribution in [0.25, 0.3) is 0 Å². The molecule has 0 aliphatic rings. The monoisotopic (exact) mass is 237 g/mol. The maximum absolute atomic E-state index is 10.5. The van der Waals surface area contributed by atoms with Crippen LogP contribution in [0.2, 0.25) is 0 Å². The number of hydrogen-bond donors (Lipinski definition) is 3. The lowest BCUT2D eigenvalue weighted by molar-refractivity contribution is 0.462. The van der Waals surface area contributed by atoms with Gasteiger partial charge < -0.3 is 0 Å². The lowest BCUT2D eigenvalue weighted by Crippen LogP contribution is -2.47. The molecule has 14 heavy (non-hydrogen) atoms. The van der Waals surface area contributed by atoms with Gasteiger partial charge in [-0.25, -0.2) is 5.12 Å². The van der Waals surface area contributed by atoms with E-state index in [9.17, 15) is 8.42 Å². The maximum atomic E-state index is 10.5. The van der Waals surface area contributed by atoms with Crippen LogP contribution in [0, 0.1) is 0 Å². The highest BCUT2D eigenvalue weighted by Crippen LogP contribution is 2.09. The predicted octanol–water partition coefficient (Wildman–Crippen LogP) is 0.459. The molecule has 1 rings (SSSR count). The second-order valence-corrected chi connectivity index (χ2v) is 3.62. The summed E-state index contributed by atoms with van der Waals surface area (Å²) in [6.07, 6.45) is 0. The molecule has 8 heteroatoms. The van der Waals surface area contributed by atoms with Crippen molar-refractivity contribution < 1.29 is 13.0 Å². The van der Waals surface area contributed by atoms with Gasteiger partial charge in [-0.1, -0.05) is 23.0 Å². The minimum atomic E-state index is -4.35. The van der Waals surface area contributed by atoms with Crippen LogP contribution in [0.4, 0.5) is 5.69 Å². The quantitative estimate of drug-likeness (QED) is 0.403. The second kappa shape index (κ2) is 4.58. The molecule has 0 amide bonds. The summed E-state index contributed by atoms with van der Waals surface area (Å²) in [5.74, 6) is 0. The van der Waals surface area contributed by atoms with E-state index in [1.807, 2.05) is 4.94 Å². The Morgan fingerprint density at radius 1 is 1.29 bits per heavy atom. The van der Waals surface area contributed by atoms with E-state index in [1.165, 1.54) is 0 Å². The van der Waals surface area contributed by atoms with Crippen LogP contribution in [0.15, 0.2) is 30.3 Å². The van der Waals surface area contributed by atoms with Gasteiger partial charge in [0.2, 0.25) is 0 Å². The van der Waals surface area contributed by atoms with E-state index >= 15 is 0 Å². The fourth-order valence-corrected chi connectivity index (χ4v) is 1.38. The Kier molecular flexibility index (Phi) is 3.67. The largest absolute Gasteiger partial charge is 0.351 e. The van der Waals surface area contributed by atoms with Crippen molar-refractivity contribution in [2.24, 2.45) is 0 Å². The van der Waals surface area contributed by atoms with Gasteiger partial charge in [0, 0.05) is 0 Å². The van der Waals surface area contributed by atoms with Crippen LogP contribution in [-0.2, 0) is 10.3 Å². The highest BCUT2D eigenvalue weighted by Gasteiger charge is 2.11. The number of halogens is 1. The zero-order chi connectivity index (χ0) is 10.6. The molecule has 0 unspecified atom stereocenters. The van der Waals surface area contributed by atoms with Crippen molar-refractivity contribution in [1.29, 1.82) is 0 Å². The van der Waals surface area contributed by atoms with Crippen molar-refractivity contribution in [3.63, 3.8) is 0 Å². The number of benzene rings is 1. The summed E-state index contributed by atoms with van der Waals surface area (Å²) in [4.78, 5) is 3.77. The second-order valence-electron chi connectivity index (χ2n) is 2.32. The minimum absolute atomic E-state index is 0.431. The molecule has 0 aliphatic heterocycles. The normalized spacial score (nSPS) is 11.3. The molecule has 0 saturated carbocycles. The molecule has 0 radical (unpaired) electrons. The summed E-state index contributed by atoms with van der Waals surface area (Å²) in [5.41, 5.74) is 0.431. The van der Waals surface area contributed by atoms with Gasteiger partial charge in [-0.3, -0.25) is 4.55 Å². The molecular weight excluding hydrogens is 230 g/mol. The molecule has 0 atom stereocenters. The molecule has 1 aromatic rings. The van der Waals surface area contributed by atoms with E-state index in [0.717, 1.165) is 5.12 Å². The molecule has 0 heterocycles. The molecule has 0 aliphatic carbocycles. The van der Waals surface area contributed by atoms with Crippen molar-refractivity contribution in [2.45, 2.75) is 0 Å². The number of hydrazine groups is 2. The lowest BCUT2D eigenvalue weighted by atomic mass is 10.3. The van der Waals surface area contributed by atoms with E-state index in [4.69, 9.17) is 16.3 Å². The summed E-state index contributed by atoms with van der Waals surface area (Å²) in [6.45, 7) is 0. The first kappa shape index (κ1) is 11.2. The van der Waals surface area contributed by atoms with E-state index in [1.54, 1.807) is 35.2 Å². The van der Waals surface area contributed by atoms with Crippen molar-refractivity contribution in [2.75, 3.05) is 5.12 Å². The Morgan fingerprint density at radius 2 is 1.86 bits per heavy atom. The van der Waals surface area contributed by atoms with Gasteiger partial charge in [0.05, 0.1) is 5.69 Å². The number of nitrogens with zero attached hydrogens (tertiary/aromatic N) is 1. The number of hydrogen-bond acceptors (Lipinski definition) is 4. The van der Waals surface area contributed by atoms with Gasteiger partial charge in [-0.15, -0.1) is 4.94 Å². The minimum Gasteiger partial charge on any atom is -0.272 e. The van der Waals surface area contributed by atoms with Gasteiger partial charge in [-0.2, -0.15) is 8.42 Å². The first-order valence-corrected chi connectivity index (χ1v) is 5.31. The molecule has 1 aromatic carbocycles. The third-order valence-electron chi connectivity index (χ3n) is 1.31. The SMILES string of the molecule is O=S(=O)(O)NN(NCl)c1ccccc1. The molecule has 0 bridgehead atoms. The lowest BCUT2D eigenvalue weighted by Gasteiger charge is -2.19. The fourth-order valence-electron chi connectivity index (χ4n) is 0.811. The Hall–Kier alpha value is -0.860. The summed E-state index contributed by atoms with van der Waals surface area (Å²) in [5, 5.41) is 0.844. The molecule has 78 valence electrons. The van der Waals surface area contributed by atoms with Crippen molar-refractivity contribution in [1.82, 2.24) is 9.78 Å². The average molecular weight is 238 g/mol. The van der Waals surface area contributed by atoms with Crippen molar-refractivity contribution in [3.05, 3.63) is 30.3 Å². The smallest absolute Gasteiger partial charge is 0.272 e. The van der Waals surface area contributed by atoms with Crippen LogP contribution in [0.1, 0.15) is 0 Å². The third kappa shape index (κ3) is 3.48. The van der Waals surface area contributed by atoms with Gasteiger partial charge in [0.25, 0.3) is 0 Å². The summed E-state index contributed by atoms with van der Waals surface area (Å²) in [6, 6.07) is 8.30. The van der Waals surface area contributed by atoms with Crippen molar-refractivity contribution in [3.8, 4) is 0 Å². The van der Waals surface area contributed by atoms with E-state index in [2.05, 4.69) is 0 Å². The van der Waals surface area contributed by atoms with Gasteiger partial charge in [0.1, 0.15) is 0 Å². The fraction of sp³-hybridized carbons (Fsp3) is 0. The van der Waals surface area contributed by atoms with Crippen LogP contribution in [0.3, 0.4) is 0 Å². The topological polar surface area (TPSA) is 81.7 Å². The molecule has 0 aromatic heterocycles. The van der Waals surface area contributed by atoms with E-state index in [0.29, 0.717) is 5.69 Å². The molecule has 6 nitrogen and oxygen atoms in total. The highest BCUT2D eigenvalue weighted by molar-refractivity contribution is 7.83. The van der Waals surface area contributed by atoms with Gasteiger partial charge in [-0.05, 0) is 23.9 Å². The zero-order valence-corrected chi connectivity index (χ0v) is 8.46. The number of rotatable bonds is 4. The van der Waals surface area contributed by atoms with Crippen LogP contribution in [0.5, 0.6) is 0 Å². The summed E-state index contributed by atoms with van der Waals surface area (Å²) >= 11 is 5.25. The standard InChI is InChI=1S/C6H8ClN3O3S/c7-8-10(9-14(11,12)13)6-4-2-1-3-5-6/h1-5,8-9H,(H,11,12,13). The summed E-state index contributed by atoms with van der Waals surface area (Å²) in [7, 11) is -4.35. The maximum Gasteiger partial charge on any atom is 0.351 e. The van der Waals surface area contributed by atoms with Crippen LogP contribution in [-0.4, -0.2) is 13.0 Å². The van der Waals surface area contributed by atoms with E-state index in [-0.39, 0.29) is 0 Å². The summed E-state index contributed by atoms with van der Waals surface area (Å²) < 4.78 is 29.5. The number of para-hydroxylation sites is 1. The highest BCUT2D eigenvalue weighted by atomic mass is 35.5. The predicted molar refractivity (Wildman–Crippen MR) is 52.6 cm³/mol. The van der Waals surface area contributed by atoms with E-state index < -0.39 is 10.3 Å². The first-order chi connectivity index (χ1) is 6.53.